The molecule has 0 atom stereocenters. The number of ketones is 1. The zero-order valence-electron chi connectivity index (χ0n) is 9.65. The van der Waals surface area contributed by atoms with Crippen LogP contribution in [-0.4, -0.2) is 20.0 Å². The molecule has 0 aliphatic carbocycles. The van der Waals surface area contributed by atoms with E-state index in [4.69, 9.17) is 0 Å². The van der Waals surface area contributed by atoms with E-state index >= 15 is 0 Å². The van der Waals surface area contributed by atoms with Crippen molar-refractivity contribution in [2.75, 3.05) is 5.75 Å². The summed E-state index contributed by atoms with van der Waals surface area (Å²) in [5.74, 6) is 0.186. The predicted octanol–water partition coefficient (Wildman–Crippen LogP) is 2.98. The van der Waals surface area contributed by atoms with Gasteiger partial charge in [0.1, 0.15) is 5.78 Å². The van der Waals surface area contributed by atoms with E-state index in [2.05, 4.69) is 15.9 Å². The van der Waals surface area contributed by atoms with Crippen LogP contribution >= 0.6 is 15.9 Å². The zero-order chi connectivity index (χ0) is 12.9. The summed E-state index contributed by atoms with van der Waals surface area (Å²) in [4.78, 5) is 11.1. The van der Waals surface area contributed by atoms with Crippen molar-refractivity contribution < 1.29 is 13.2 Å². The van der Waals surface area contributed by atoms with Crippen LogP contribution in [0, 0.1) is 0 Å². The molecule has 1 rings (SSSR count). The number of carbonyl (C=O) groups is 1. The lowest BCUT2D eigenvalue weighted by Crippen LogP contribution is -2.08. The molecule has 1 aromatic carbocycles. The lowest BCUT2D eigenvalue weighted by molar-refractivity contribution is -0.117. The van der Waals surface area contributed by atoms with Gasteiger partial charge in [-0.05, 0) is 47.8 Å². The van der Waals surface area contributed by atoms with Gasteiger partial charge in [0.05, 0.1) is 10.6 Å². The second kappa shape index (κ2) is 6.31. The standard InChI is InChI=1S/C12H15BrO3S/c1-10(14)6-4-5-9-17(15,16)12-8-3-2-7-11(12)13/h2-3,7-8H,4-6,9H2,1H3. The van der Waals surface area contributed by atoms with Crippen molar-refractivity contribution in [2.45, 2.75) is 31.1 Å². The van der Waals surface area contributed by atoms with Gasteiger partial charge in [-0.3, -0.25) is 0 Å². The van der Waals surface area contributed by atoms with E-state index in [1.807, 2.05) is 0 Å². The average Bonchev–Trinajstić information content (AvgIpc) is 2.24. The van der Waals surface area contributed by atoms with Gasteiger partial charge in [0.2, 0.25) is 0 Å². The number of sulfone groups is 1. The lowest BCUT2D eigenvalue weighted by atomic mass is 10.2. The van der Waals surface area contributed by atoms with Gasteiger partial charge in [0.15, 0.2) is 9.84 Å². The second-order valence-corrected chi connectivity index (χ2v) is 6.84. The van der Waals surface area contributed by atoms with Crippen molar-refractivity contribution in [1.29, 1.82) is 0 Å². The number of Topliss-reactive ketones (excluding diaryl/α,β-unsaturated/α-hetero) is 1. The summed E-state index contributed by atoms with van der Waals surface area (Å²) in [5.41, 5.74) is 0. The molecule has 17 heavy (non-hydrogen) atoms. The van der Waals surface area contributed by atoms with Crippen molar-refractivity contribution in [1.82, 2.24) is 0 Å². The Balaban J connectivity index is 2.64. The van der Waals surface area contributed by atoms with E-state index in [-0.39, 0.29) is 11.5 Å². The highest BCUT2D eigenvalue weighted by atomic mass is 79.9. The van der Waals surface area contributed by atoms with Gasteiger partial charge in [-0.15, -0.1) is 0 Å². The Labute approximate surface area is 110 Å². The first-order valence-electron chi connectivity index (χ1n) is 5.40. The molecule has 94 valence electrons. The van der Waals surface area contributed by atoms with Gasteiger partial charge in [-0.25, -0.2) is 8.42 Å². The topological polar surface area (TPSA) is 51.2 Å². The molecule has 0 N–H and O–H groups in total. The van der Waals surface area contributed by atoms with Gasteiger partial charge >= 0.3 is 0 Å². The van der Waals surface area contributed by atoms with Gasteiger partial charge in [0, 0.05) is 10.9 Å². The minimum absolute atomic E-state index is 0.0862. The fourth-order valence-electron chi connectivity index (χ4n) is 1.47. The van der Waals surface area contributed by atoms with Crippen molar-refractivity contribution in [3.8, 4) is 0 Å². The van der Waals surface area contributed by atoms with Crippen LogP contribution in [0.15, 0.2) is 33.6 Å². The molecule has 1 aromatic rings. The van der Waals surface area contributed by atoms with Gasteiger partial charge in [0.25, 0.3) is 0 Å². The number of hydrogen-bond donors (Lipinski definition) is 0. The highest BCUT2D eigenvalue weighted by Crippen LogP contribution is 2.23. The molecule has 0 heterocycles. The van der Waals surface area contributed by atoms with Crippen LogP contribution in [0.2, 0.25) is 0 Å². The van der Waals surface area contributed by atoms with Crippen molar-refractivity contribution in [3.63, 3.8) is 0 Å². The molecule has 0 spiro atoms. The van der Waals surface area contributed by atoms with E-state index in [9.17, 15) is 13.2 Å². The first kappa shape index (κ1) is 14.4. The normalized spacial score (nSPS) is 11.4. The highest BCUT2D eigenvalue weighted by Gasteiger charge is 2.16. The van der Waals surface area contributed by atoms with Crippen LogP contribution < -0.4 is 0 Å². The summed E-state index contributed by atoms with van der Waals surface area (Å²) >= 11 is 3.23. The predicted molar refractivity (Wildman–Crippen MR) is 70.7 cm³/mol. The molecule has 0 aromatic heterocycles. The number of carbonyl (C=O) groups excluding carboxylic acids is 1. The molecule has 0 aliphatic heterocycles. The Morgan fingerprint density at radius 3 is 2.47 bits per heavy atom. The summed E-state index contributed by atoms with van der Waals surface area (Å²) in [6, 6.07) is 6.78. The molecule has 0 bridgehead atoms. The van der Waals surface area contributed by atoms with E-state index in [0.717, 1.165) is 0 Å². The van der Waals surface area contributed by atoms with Crippen LogP contribution in [0.1, 0.15) is 26.2 Å². The minimum atomic E-state index is -3.25. The number of halogens is 1. The minimum Gasteiger partial charge on any atom is -0.300 e. The Kier molecular flexibility index (Phi) is 5.33. The monoisotopic (exact) mass is 318 g/mol. The van der Waals surface area contributed by atoms with Crippen LogP contribution in [0.25, 0.3) is 0 Å². The van der Waals surface area contributed by atoms with Crippen molar-refractivity contribution in [2.24, 2.45) is 0 Å². The van der Waals surface area contributed by atoms with Gasteiger partial charge < -0.3 is 4.79 Å². The first-order chi connectivity index (χ1) is 7.93. The summed E-state index contributed by atoms with van der Waals surface area (Å²) in [7, 11) is -3.25. The molecule has 0 aliphatic rings. The average molecular weight is 319 g/mol. The van der Waals surface area contributed by atoms with Crippen LogP contribution in [0.3, 0.4) is 0 Å². The molecular weight excluding hydrogens is 304 g/mol. The number of rotatable bonds is 6. The SMILES string of the molecule is CC(=O)CCCCS(=O)(=O)c1ccccc1Br. The Morgan fingerprint density at radius 1 is 1.24 bits per heavy atom. The largest absolute Gasteiger partial charge is 0.300 e. The zero-order valence-corrected chi connectivity index (χ0v) is 12.1. The van der Waals surface area contributed by atoms with Gasteiger partial charge in [-0.2, -0.15) is 0 Å². The van der Waals surface area contributed by atoms with E-state index in [1.54, 1.807) is 24.3 Å². The molecule has 0 radical (unpaired) electrons. The van der Waals surface area contributed by atoms with Crippen molar-refractivity contribution >= 4 is 31.6 Å². The third-order valence-electron chi connectivity index (χ3n) is 2.36. The summed E-state index contributed by atoms with van der Waals surface area (Å²) < 4.78 is 24.6. The van der Waals surface area contributed by atoms with Crippen molar-refractivity contribution in [3.05, 3.63) is 28.7 Å². The molecule has 3 nitrogen and oxygen atoms in total. The third kappa shape index (κ3) is 4.60. The molecular formula is C12H15BrO3S. The van der Waals surface area contributed by atoms with Gasteiger partial charge in [-0.1, -0.05) is 12.1 Å². The molecule has 0 saturated carbocycles. The second-order valence-electron chi connectivity index (χ2n) is 3.91. The van der Waals surface area contributed by atoms with E-state index in [0.29, 0.717) is 28.6 Å². The number of hydrogen-bond acceptors (Lipinski definition) is 3. The fourth-order valence-corrected chi connectivity index (χ4v) is 3.95. The lowest BCUT2D eigenvalue weighted by Gasteiger charge is -2.05. The third-order valence-corrected chi connectivity index (χ3v) is 5.17. The molecule has 0 saturated heterocycles. The highest BCUT2D eigenvalue weighted by molar-refractivity contribution is 9.10. The molecule has 5 heteroatoms. The molecule has 0 fully saturated rings. The first-order valence-corrected chi connectivity index (χ1v) is 7.85. The quantitative estimate of drug-likeness (QED) is 0.758. The molecule has 0 amide bonds. The Hall–Kier alpha value is -0.680. The molecule has 0 unspecified atom stereocenters. The summed E-state index contributed by atoms with van der Waals surface area (Å²) in [5, 5.41) is 0. The maximum Gasteiger partial charge on any atom is 0.179 e. The van der Waals surface area contributed by atoms with Crippen LogP contribution in [0.5, 0.6) is 0 Å². The van der Waals surface area contributed by atoms with Crippen LogP contribution in [-0.2, 0) is 14.6 Å². The summed E-state index contributed by atoms with van der Waals surface area (Å²) in [6.45, 7) is 1.52. The fraction of sp³-hybridized carbons (Fsp3) is 0.417. The Bertz CT molecular complexity index is 494. The van der Waals surface area contributed by atoms with Crippen LogP contribution in [0.4, 0.5) is 0 Å². The maximum atomic E-state index is 12.0. The summed E-state index contributed by atoms with van der Waals surface area (Å²) in [6.07, 6.45) is 1.59. The number of unbranched alkanes of at least 4 members (excludes halogenated alkanes) is 1. The number of benzene rings is 1. The van der Waals surface area contributed by atoms with E-state index in [1.165, 1.54) is 6.92 Å². The van der Waals surface area contributed by atoms with E-state index < -0.39 is 9.84 Å². The smallest absolute Gasteiger partial charge is 0.179 e. The Morgan fingerprint density at radius 2 is 1.88 bits per heavy atom. The maximum absolute atomic E-state index is 12.0.